The molecule has 3 heteroatoms. The van der Waals surface area contributed by atoms with Crippen molar-refractivity contribution in [2.24, 2.45) is 11.7 Å². The van der Waals surface area contributed by atoms with Crippen molar-refractivity contribution in [3.05, 3.63) is 23.9 Å². The van der Waals surface area contributed by atoms with Crippen molar-refractivity contribution in [1.29, 1.82) is 0 Å². The molecule has 1 fully saturated rings. The molecule has 1 aliphatic rings. The molecule has 0 amide bonds. The highest BCUT2D eigenvalue weighted by atomic mass is 15.2. The summed E-state index contributed by atoms with van der Waals surface area (Å²) in [5.74, 6) is 1.70. The molecular formula is C14H23N3. The lowest BCUT2D eigenvalue weighted by Crippen LogP contribution is -2.43. The third kappa shape index (κ3) is 2.78. The van der Waals surface area contributed by atoms with Gasteiger partial charge in [-0.3, -0.25) is 0 Å². The lowest BCUT2D eigenvalue weighted by Gasteiger charge is -2.38. The van der Waals surface area contributed by atoms with E-state index in [1.165, 1.54) is 25.7 Å². The average Bonchev–Trinajstić information content (AvgIpc) is 2.38. The predicted molar refractivity (Wildman–Crippen MR) is 72.2 cm³/mol. The number of aromatic nitrogens is 1. The Morgan fingerprint density at radius 1 is 1.35 bits per heavy atom. The lowest BCUT2D eigenvalue weighted by atomic mass is 9.84. The Morgan fingerprint density at radius 3 is 2.82 bits per heavy atom. The van der Waals surface area contributed by atoms with Crippen molar-refractivity contribution in [2.45, 2.75) is 38.6 Å². The van der Waals surface area contributed by atoms with Crippen LogP contribution in [-0.4, -0.2) is 24.6 Å². The molecule has 0 bridgehead atoms. The summed E-state index contributed by atoms with van der Waals surface area (Å²) in [7, 11) is 2.15. The van der Waals surface area contributed by atoms with E-state index < -0.39 is 0 Å². The Kier molecular flexibility index (Phi) is 4.00. The van der Waals surface area contributed by atoms with E-state index in [4.69, 9.17) is 5.73 Å². The summed E-state index contributed by atoms with van der Waals surface area (Å²) in [5, 5.41) is 0. The molecule has 2 unspecified atom stereocenters. The van der Waals surface area contributed by atoms with Crippen LogP contribution in [0.2, 0.25) is 0 Å². The van der Waals surface area contributed by atoms with Crippen LogP contribution < -0.4 is 10.6 Å². The van der Waals surface area contributed by atoms with Crippen LogP contribution in [-0.2, 0) is 0 Å². The van der Waals surface area contributed by atoms with Gasteiger partial charge in [-0.1, -0.05) is 18.9 Å². The lowest BCUT2D eigenvalue weighted by molar-refractivity contribution is 0.305. The van der Waals surface area contributed by atoms with E-state index in [0.717, 1.165) is 18.1 Å². The molecule has 1 aromatic heterocycles. The highest BCUT2D eigenvalue weighted by molar-refractivity contribution is 5.39. The minimum atomic E-state index is 0.558. The van der Waals surface area contributed by atoms with Gasteiger partial charge in [0.15, 0.2) is 0 Å². The van der Waals surface area contributed by atoms with Crippen LogP contribution in [0.4, 0.5) is 5.82 Å². The molecule has 0 radical (unpaired) electrons. The zero-order chi connectivity index (χ0) is 12.3. The fraction of sp³-hybridized carbons (Fsp3) is 0.643. The topological polar surface area (TPSA) is 42.1 Å². The first-order valence-corrected chi connectivity index (χ1v) is 6.59. The molecule has 2 N–H and O–H groups in total. The van der Waals surface area contributed by atoms with Gasteiger partial charge < -0.3 is 10.6 Å². The summed E-state index contributed by atoms with van der Waals surface area (Å²) in [6.07, 6.45) is 5.15. The van der Waals surface area contributed by atoms with Gasteiger partial charge in [0.05, 0.1) is 0 Å². The van der Waals surface area contributed by atoms with Crippen LogP contribution in [0.3, 0.4) is 0 Å². The molecule has 94 valence electrons. The summed E-state index contributed by atoms with van der Waals surface area (Å²) in [6, 6.07) is 6.77. The van der Waals surface area contributed by atoms with Crippen LogP contribution in [0.25, 0.3) is 0 Å². The first-order chi connectivity index (χ1) is 8.22. The Morgan fingerprint density at radius 2 is 2.12 bits per heavy atom. The van der Waals surface area contributed by atoms with Crippen molar-refractivity contribution >= 4 is 5.82 Å². The van der Waals surface area contributed by atoms with Gasteiger partial charge >= 0.3 is 0 Å². The zero-order valence-electron chi connectivity index (χ0n) is 10.9. The molecule has 1 heterocycles. The number of hydrogen-bond donors (Lipinski definition) is 1. The Balaban J connectivity index is 2.15. The van der Waals surface area contributed by atoms with Gasteiger partial charge in [-0.15, -0.1) is 0 Å². The molecule has 2 atom stereocenters. The number of rotatable bonds is 3. The molecule has 0 aromatic carbocycles. The number of nitrogens with two attached hydrogens (primary N) is 1. The summed E-state index contributed by atoms with van der Waals surface area (Å²) in [6.45, 7) is 2.83. The normalized spacial score (nSPS) is 24.6. The van der Waals surface area contributed by atoms with Crippen molar-refractivity contribution in [2.75, 3.05) is 18.5 Å². The van der Waals surface area contributed by atoms with Gasteiger partial charge in [0.2, 0.25) is 0 Å². The standard InChI is InChI=1S/C14H23N3/c1-11-6-5-9-14(16-11)17(2)13-8-4-3-7-12(13)10-15/h5-6,9,12-13H,3-4,7-8,10,15H2,1-2H3. The first kappa shape index (κ1) is 12.4. The van der Waals surface area contributed by atoms with Gasteiger partial charge in [0.25, 0.3) is 0 Å². The maximum Gasteiger partial charge on any atom is 0.128 e. The largest absolute Gasteiger partial charge is 0.356 e. The highest BCUT2D eigenvalue weighted by Gasteiger charge is 2.27. The maximum atomic E-state index is 5.89. The third-order valence-electron chi connectivity index (χ3n) is 3.90. The fourth-order valence-electron chi connectivity index (χ4n) is 2.87. The minimum absolute atomic E-state index is 0.558. The Hall–Kier alpha value is -1.09. The maximum absolute atomic E-state index is 5.89. The highest BCUT2D eigenvalue weighted by Crippen LogP contribution is 2.29. The molecule has 1 aromatic rings. The number of aryl methyl sites for hydroxylation is 1. The van der Waals surface area contributed by atoms with Crippen molar-refractivity contribution in [3.63, 3.8) is 0 Å². The summed E-state index contributed by atoms with van der Waals surface area (Å²) in [4.78, 5) is 6.93. The van der Waals surface area contributed by atoms with Crippen LogP contribution in [0, 0.1) is 12.8 Å². The van der Waals surface area contributed by atoms with Crippen molar-refractivity contribution < 1.29 is 0 Å². The average molecular weight is 233 g/mol. The molecule has 0 aliphatic heterocycles. The van der Waals surface area contributed by atoms with Crippen LogP contribution >= 0.6 is 0 Å². The van der Waals surface area contributed by atoms with E-state index in [1.54, 1.807) is 0 Å². The third-order valence-corrected chi connectivity index (χ3v) is 3.90. The van der Waals surface area contributed by atoms with Crippen LogP contribution in [0.1, 0.15) is 31.4 Å². The molecule has 0 spiro atoms. The summed E-state index contributed by atoms with van der Waals surface area (Å²) in [5.41, 5.74) is 6.97. The summed E-state index contributed by atoms with van der Waals surface area (Å²) < 4.78 is 0. The van der Waals surface area contributed by atoms with Crippen LogP contribution in [0.5, 0.6) is 0 Å². The SMILES string of the molecule is Cc1cccc(N(C)C2CCCCC2CN)n1. The van der Waals surface area contributed by atoms with E-state index in [-0.39, 0.29) is 0 Å². The second-order valence-electron chi connectivity index (χ2n) is 5.10. The van der Waals surface area contributed by atoms with Gasteiger partial charge in [-0.2, -0.15) is 0 Å². The second kappa shape index (κ2) is 5.50. The molecule has 2 rings (SSSR count). The van der Waals surface area contributed by atoms with E-state index in [9.17, 15) is 0 Å². The molecular weight excluding hydrogens is 210 g/mol. The molecule has 0 saturated heterocycles. The van der Waals surface area contributed by atoms with E-state index in [1.807, 2.05) is 13.0 Å². The molecule has 1 saturated carbocycles. The first-order valence-electron chi connectivity index (χ1n) is 6.59. The predicted octanol–water partition coefficient (Wildman–Crippen LogP) is 2.34. The van der Waals surface area contributed by atoms with E-state index in [0.29, 0.717) is 12.0 Å². The van der Waals surface area contributed by atoms with Gasteiger partial charge in [0.1, 0.15) is 5.82 Å². The number of nitrogens with zero attached hydrogens (tertiary/aromatic N) is 2. The second-order valence-corrected chi connectivity index (χ2v) is 5.10. The number of hydrogen-bond acceptors (Lipinski definition) is 3. The molecule has 1 aliphatic carbocycles. The monoisotopic (exact) mass is 233 g/mol. The van der Waals surface area contributed by atoms with Crippen molar-refractivity contribution in [1.82, 2.24) is 4.98 Å². The van der Waals surface area contributed by atoms with Gasteiger partial charge in [0, 0.05) is 18.8 Å². The summed E-state index contributed by atoms with van der Waals surface area (Å²) >= 11 is 0. The van der Waals surface area contributed by atoms with Crippen molar-refractivity contribution in [3.8, 4) is 0 Å². The Bertz CT molecular complexity index is 364. The van der Waals surface area contributed by atoms with Gasteiger partial charge in [-0.25, -0.2) is 4.98 Å². The number of pyridine rings is 1. The minimum Gasteiger partial charge on any atom is -0.356 e. The van der Waals surface area contributed by atoms with E-state index >= 15 is 0 Å². The van der Waals surface area contributed by atoms with Crippen LogP contribution in [0.15, 0.2) is 18.2 Å². The Labute approximate surface area is 104 Å². The molecule has 17 heavy (non-hydrogen) atoms. The van der Waals surface area contributed by atoms with Gasteiger partial charge in [-0.05, 0) is 44.4 Å². The molecule has 3 nitrogen and oxygen atoms in total. The number of anilines is 1. The fourth-order valence-corrected chi connectivity index (χ4v) is 2.87. The van der Waals surface area contributed by atoms with E-state index in [2.05, 4.69) is 29.1 Å². The zero-order valence-corrected chi connectivity index (χ0v) is 10.9. The smallest absolute Gasteiger partial charge is 0.128 e. The quantitative estimate of drug-likeness (QED) is 0.871.